The van der Waals surface area contributed by atoms with Crippen LogP contribution in [0.3, 0.4) is 0 Å². The quantitative estimate of drug-likeness (QED) is 0.814. The molecule has 0 spiro atoms. The number of aromatic nitrogens is 3. The molecule has 0 saturated heterocycles. The van der Waals surface area contributed by atoms with Crippen LogP contribution in [0.15, 0.2) is 12.3 Å². The zero-order valence-electron chi connectivity index (χ0n) is 10.2. The summed E-state index contributed by atoms with van der Waals surface area (Å²) in [6, 6.07) is 1.49. The number of hydrogen-bond donors (Lipinski definition) is 0. The first-order valence-electron chi connectivity index (χ1n) is 5.42. The molecular weight excluding hydrogens is 309 g/mol. The van der Waals surface area contributed by atoms with E-state index in [0.29, 0.717) is 21.4 Å². The predicted octanol–water partition coefficient (Wildman–Crippen LogP) is 3.51. The molecule has 2 rings (SSSR count). The smallest absolute Gasteiger partial charge is 0.188 e. The molecule has 0 N–H and O–H groups in total. The Morgan fingerprint density at radius 1 is 1.37 bits per heavy atom. The normalized spacial score (nSPS) is 10.8. The zero-order valence-corrected chi connectivity index (χ0v) is 12.5. The highest BCUT2D eigenvalue weighted by molar-refractivity contribution is 6.36. The van der Waals surface area contributed by atoms with Crippen molar-refractivity contribution in [3.8, 4) is 0 Å². The maximum atomic E-state index is 12.2. The Bertz CT molecular complexity index is 652. The molecule has 0 aliphatic heterocycles. The van der Waals surface area contributed by atoms with E-state index in [9.17, 15) is 4.79 Å². The van der Waals surface area contributed by atoms with Gasteiger partial charge >= 0.3 is 0 Å². The van der Waals surface area contributed by atoms with Gasteiger partial charge in [-0.1, -0.05) is 34.8 Å². The summed E-state index contributed by atoms with van der Waals surface area (Å²) in [6.45, 7) is 1.78. The molecule has 0 bridgehead atoms. The SMILES string of the molecule is Cc1nn(C)c(CC(=O)c2ncc(Cl)cc2Cl)c1Cl. The Kier molecular flexibility index (Phi) is 4.13. The lowest BCUT2D eigenvalue weighted by Crippen LogP contribution is -2.10. The zero-order chi connectivity index (χ0) is 14.2. The number of Topliss-reactive ketones (excluding diaryl/α,β-unsaturated/α-hetero) is 1. The summed E-state index contributed by atoms with van der Waals surface area (Å²) in [4.78, 5) is 16.1. The van der Waals surface area contributed by atoms with Gasteiger partial charge in [-0.2, -0.15) is 5.10 Å². The molecule has 0 atom stereocenters. The van der Waals surface area contributed by atoms with E-state index in [2.05, 4.69) is 10.1 Å². The van der Waals surface area contributed by atoms with Crippen LogP contribution in [-0.2, 0) is 13.5 Å². The lowest BCUT2D eigenvalue weighted by atomic mass is 10.1. The molecule has 2 heterocycles. The number of carbonyl (C=O) groups is 1. The molecule has 0 aromatic carbocycles. The number of aryl methyl sites for hydroxylation is 2. The van der Waals surface area contributed by atoms with Gasteiger partial charge in [0.25, 0.3) is 0 Å². The summed E-state index contributed by atoms with van der Waals surface area (Å²) < 4.78 is 1.58. The van der Waals surface area contributed by atoms with Gasteiger partial charge in [0.15, 0.2) is 5.78 Å². The molecule has 4 nitrogen and oxygen atoms in total. The van der Waals surface area contributed by atoms with Gasteiger partial charge in [-0.3, -0.25) is 9.48 Å². The van der Waals surface area contributed by atoms with Crippen LogP contribution in [0.2, 0.25) is 15.1 Å². The first-order chi connectivity index (χ1) is 8.90. The van der Waals surface area contributed by atoms with E-state index in [-0.39, 0.29) is 22.9 Å². The lowest BCUT2D eigenvalue weighted by Gasteiger charge is -2.04. The minimum absolute atomic E-state index is 0.0878. The molecule has 2 aromatic heterocycles. The molecule has 0 saturated carbocycles. The summed E-state index contributed by atoms with van der Waals surface area (Å²) in [7, 11) is 1.73. The van der Waals surface area contributed by atoms with Crippen molar-refractivity contribution < 1.29 is 4.79 Å². The summed E-state index contributed by atoms with van der Waals surface area (Å²) in [5.74, 6) is -0.230. The summed E-state index contributed by atoms with van der Waals surface area (Å²) >= 11 is 17.8. The molecular formula is C12H10Cl3N3O. The number of ketones is 1. The van der Waals surface area contributed by atoms with Crippen LogP contribution in [0, 0.1) is 6.92 Å². The van der Waals surface area contributed by atoms with E-state index in [1.54, 1.807) is 18.7 Å². The minimum atomic E-state index is -0.230. The molecule has 19 heavy (non-hydrogen) atoms. The summed E-state index contributed by atoms with van der Waals surface area (Å²) in [5, 5.41) is 5.25. The minimum Gasteiger partial charge on any atom is -0.292 e. The van der Waals surface area contributed by atoms with Crippen molar-refractivity contribution in [1.29, 1.82) is 0 Å². The number of nitrogens with zero attached hydrogens (tertiary/aromatic N) is 3. The Labute approximate surface area is 125 Å². The van der Waals surface area contributed by atoms with Crippen molar-refractivity contribution >= 4 is 40.6 Å². The van der Waals surface area contributed by atoms with Crippen LogP contribution in [0.4, 0.5) is 0 Å². The highest BCUT2D eigenvalue weighted by atomic mass is 35.5. The fourth-order valence-corrected chi connectivity index (χ4v) is 2.44. The first-order valence-corrected chi connectivity index (χ1v) is 6.55. The van der Waals surface area contributed by atoms with Crippen molar-refractivity contribution in [2.75, 3.05) is 0 Å². The van der Waals surface area contributed by atoms with Gasteiger partial charge in [-0.05, 0) is 13.0 Å². The fourth-order valence-electron chi connectivity index (χ4n) is 1.73. The van der Waals surface area contributed by atoms with Gasteiger partial charge in [0.05, 0.1) is 32.9 Å². The predicted molar refractivity (Wildman–Crippen MR) is 75.2 cm³/mol. The molecule has 100 valence electrons. The summed E-state index contributed by atoms with van der Waals surface area (Å²) in [5.41, 5.74) is 1.50. The average Bonchev–Trinajstić information content (AvgIpc) is 2.56. The van der Waals surface area contributed by atoms with Crippen LogP contribution in [0.5, 0.6) is 0 Å². The Morgan fingerprint density at radius 3 is 2.58 bits per heavy atom. The van der Waals surface area contributed by atoms with Crippen LogP contribution in [0.1, 0.15) is 21.9 Å². The van der Waals surface area contributed by atoms with Crippen LogP contribution < -0.4 is 0 Å². The van der Waals surface area contributed by atoms with Gasteiger partial charge in [0, 0.05) is 13.2 Å². The molecule has 2 aromatic rings. The second kappa shape index (κ2) is 5.49. The number of hydrogen-bond acceptors (Lipinski definition) is 3. The van der Waals surface area contributed by atoms with Crippen LogP contribution in [-0.4, -0.2) is 20.5 Å². The van der Waals surface area contributed by atoms with E-state index < -0.39 is 0 Å². The average molecular weight is 319 g/mol. The molecule has 0 radical (unpaired) electrons. The highest BCUT2D eigenvalue weighted by Gasteiger charge is 2.19. The maximum Gasteiger partial charge on any atom is 0.188 e. The number of halogens is 3. The van der Waals surface area contributed by atoms with Crippen molar-refractivity contribution in [2.45, 2.75) is 13.3 Å². The number of carbonyl (C=O) groups excluding carboxylic acids is 1. The fraction of sp³-hybridized carbons (Fsp3) is 0.250. The van der Waals surface area contributed by atoms with Crippen LogP contribution >= 0.6 is 34.8 Å². The molecule has 0 unspecified atom stereocenters. The lowest BCUT2D eigenvalue weighted by molar-refractivity contribution is 0.0986. The van der Waals surface area contributed by atoms with Crippen molar-refractivity contribution in [3.63, 3.8) is 0 Å². The van der Waals surface area contributed by atoms with Crippen molar-refractivity contribution in [1.82, 2.24) is 14.8 Å². The van der Waals surface area contributed by atoms with E-state index in [1.807, 2.05) is 0 Å². The highest BCUT2D eigenvalue weighted by Crippen LogP contribution is 2.23. The Hall–Kier alpha value is -1.10. The van der Waals surface area contributed by atoms with Gasteiger partial charge in [0.1, 0.15) is 5.69 Å². The van der Waals surface area contributed by atoms with E-state index >= 15 is 0 Å². The third-order valence-electron chi connectivity index (χ3n) is 2.66. The molecule has 0 fully saturated rings. The van der Waals surface area contributed by atoms with E-state index in [1.165, 1.54) is 12.3 Å². The van der Waals surface area contributed by atoms with Crippen molar-refractivity contribution in [2.24, 2.45) is 7.05 Å². The largest absolute Gasteiger partial charge is 0.292 e. The first kappa shape index (κ1) is 14.3. The Balaban J connectivity index is 2.31. The number of rotatable bonds is 3. The third-order valence-corrected chi connectivity index (χ3v) is 3.65. The van der Waals surface area contributed by atoms with Crippen LogP contribution in [0.25, 0.3) is 0 Å². The van der Waals surface area contributed by atoms with E-state index in [4.69, 9.17) is 34.8 Å². The maximum absolute atomic E-state index is 12.2. The van der Waals surface area contributed by atoms with Gasteiger partial charge in [0.2, 0.25) is 0 Å². The van der Waals surface area contributed by atoms with Gasteiger partial charge < -0.3 is 0 Å². The molecule has 0 amide bonds. The second-order valence-electron chi connectivity index (χ2n) is 4.05. The topological polar surface area (TPSA) is 47.8 Å². The third kappa shape index (κ3) is 2.91. The molecule has 0 aliphatic carbocycles. The van der Waals surface area contributed by atoms with E-state index in [0.717, 1.165) is 0 Å². The van der Waals surface area contributed by atoms with Crippen molar-refractivity contribution in [3.05, 3.63) is 44.4 Å². The Morgan fingerprint density at radius 2 is 2.05 bits per heavy atom. The second-order valence-corrected chi connectivity index (χ2v) is 5.28. The molecule has 0 aliphatic rings. The summed E-state index contributed by atoms with van der Waals surface area (Å²) in [6.07, 6.45) is 1.47. The van der Waals surface area contributed by atoms with Gasteiger partial charge in [-0.15, -0.1) is 0 Å². The number of pyridine rings is 1. The monoisotopic (exact) mass is 317 g/mol. The molecule has 7 heteroatoms. The standard InChI is InChI=1S/C12H10Cl3N3O/c1-6-11(15)9(18(2)17-6)4-10(19)12-8(14)3-7(13)5-16-12/h3,5H,4H2,1-2H3. The van der Waals surface area contributed by atoms with Gasteiger partial charge in [-0.25, -0.2) is 4.98 Å².